The Kier molecular flexibility index (Phi) is 4.47. The summed E-state index contributed by atoms with van der Waals surface area (Å²) in [6.45, 7) is 7.85. The average Bonchev–Trinajstić information content (AvgIpc) is 2.94. The van der Waals surface area contributed by atoms with Gasteiger partial charge in [0.15, 0.2) is 0 Å². The van der Waals surface area contributed by atoms with Crippen molar-refractivity contribution in [2.24, 2.45) is 0 Å². The molecule has 0 amide bonds. The van der Waals surface area contributed by atoms with E-state index in [-0.39, 0.29) is 0 Å². The minimum atomic E-state index is 0.367. The lowest BCUT2D eigenvalue weighted by atomic mass is 9.99. The second kappa shape index (κ2) is 6.92. The Labute approximate surface area is 153 Å². The number of phenolic OH excluding ortho intramolecular Hbond substituents is 1. The van der Waals surface area contributed by atoms with Gasteiger partial charge in [-0.3, -0.25) is 4.98 Å². The number of aromatic nitrogens is 2. The molecule has 0 unspecified atom stereocenters. The first kappa shape index (κ1) is 16.8. The number of rotatable bonds is 2. The summed E-state index contributed by atoms with van der Waals surface area (Å²) in [5.74, 6) is 1.31. The number of benzene rings is 2. The van der Waals surface area contributed by atoms with Crippen LogP contribution < -0.4 is 10.2 Å². The van der Waals surface area contributed by atoms with Crippen LogP contribution in [0, 0.1) is 13.8 Å². The van der Waals surface area contributed by atoms with Crippen LogP contribution in [0.15, 0.2) is 36.5 Å². The van der Waals surface area contributed by atoms with Crippen molar-refractivity contribution in [2.45, 2.75) is 20.3 Å². The van der Waals surface area contributed by atoms with Crippen LogP contribution in [0.4, 0.5) is 5.82 Å². The summed E-state index contributed by atoms with van der Waals surface area (Å²) in [7, 11) is 0. The van der Waals surface area contributed by atoms with Crippen molar-refractivity contribution >= 4 is 16.9 Å². The number of aromatic hydroxyl groups is 1. The second-order valence-corrected chi connectivity index (χ2v) is 6.98. The van der Waals surface area contributed by atoms with Gasteiger partial charge in [-0.2, -0.15) is 0 Å². The average molecular weight is 348 g/mol. The van der Waals surface area contributed by atoms with E-state index in [0.29, 0.717) is 5.75 Å². The highest BCUT2D eigenvalue weighted by atomic mass is 16.3. The minimum Gasteiger partial charge on any atom is -0.507 e. The van der Waals surface area contributed by atoms with E-state index in [0.717, 1.165) is 71.7 Å². The molecule has 0 aliphatic carbocycles. The Bertz CT molecular complexity index is 923. The molecule has 1 fully saturated rings. The molecule has 4 rings (SSSR count). The van der Waals surface area contributed by atoms with E-state index < -0.39 is 0 Å². The first-order chi connectivity index (χ1) is 12.6. The molecule has 3 aromatic rings. The molecule has 2 heterocycles. The Morgan fingerprint density at radius 2 is 1.77 bits per heavy atom. The fourth-order valence-electron chi connectivity index (χ4n) is 3.53. The smallest absolute Gasteiger partial charge is 0.147 e. The van der Waals surface area contributed by atoms with E-state index in [1.807, 2.05) is 38.2 Å². The molecular formula is C21H24N4O. The molecule has 2 N–H and O–H groups in total. The summed E-state index contributed by atoms with van der Waals surface area (Å²) < 4.78 is 0. The Morgan fingerprint density at radius 3 is 2.58 bits per heavy atom. The number of anilines is 1. The summed E-state index contributed by atoms with van der Waals surface area (Å²) in [5, 5.41) is 13.4. The monoisotopic (exact) mass is 348 g/mol. The van der Waals surface area contributed by atoms with Gasteiger partial charge < -0.3 is 15.3 Å². The molecule has 0 spiro atoms. The van der Waals surface area contributed by atoms with Crippen molar-refractivity contribution in [1.29, 1.82) is 0 Å². The second-order valence-electron chi connectivity index (χ2n) is 6.98. The van der Waals surface area contributed by atoms with Crippen molar-refractivity contribution in [2.75, 3.05) is 31.1 Å². The first-order valence-corrected chi connectivity index (χ1v) is 9.15. The van der Waals surface area contributed by atoms with E-state index in [4.69, 9.17) is 4.98 Å². The molecule has 0 atom stereocenters. The molecule has 1 saturated heterocycles. The van der Waals surface area contributed by atoms with Gasteiger partial charge in [-0.1, -0.05) is 6.07 Å². The molecule has 2 aromatic carbocycles. The molecule has 1 aromatic heterocycles. The fourth-order valence-corrected chi connectivity index (χ4v) is 3.53. The zero-order valence-corrected chi connectivity index (χ0v) is 15.3. The number of nitrogens with zero attached hydrogens (tertiary/aromatic N) is 3. The van der Waals surface area contributed by atoms with Crippen LogP contribution in [-0.2, 0) is 0 Å². The van der Waals surface area contributed by atoms with Crippen LogP contribution in [-0.4, -0.2) is 41.3 Å². The molecule has 1 aliphatic heterocycles. The van der Waals surface area contributed by atoms with Gasteiger partial charge in [0.25, 0.3) is 0 Å². The Morgan fingerprint density at radius 1 is 0.962 bits per heavy atom. The normalized spacial score (nSPS) is 15.2. The number of fused-ring (bicyclic) bond motifs is 1. The van der Waals surface area contributed by atoms with E-state index in [2.05, 4.69) is 27.3 Å². The third-order valence-corrected chi connectivity index (χ3v) is 5.02. The van der Waals surface area contributed by atoms with Crippen LogP contribution >= 0.6 is 0 Å². The van der Waals surface area contributed by atoms with E-state index in [1.54, 1.807) is 0 Å². The molecule has 5 heteroatoms. The van der Waals surface area contributed by atoms with Gasteiger partial charge in [0.05, 0.1) is 17.2 Å². The zero-order chi connectivity index (χ0) is 18.1. The molecule has 0 bridgehead atoms. The van der Waals surface area contributed by atoms with E-state index in [9.17, 15) is 5.11 Å². The number of nitrogens with one attached hydrogen (secondary N) is 1. The Hall–Kier alpha value is -2.66. The fraction of sp³-hybridized carbons (Fsp3) is 0.333. The van der Waals surface area contributed by atoms with Gasteiger partial charge in [-0.05, 0) is 73.3 Å². The van der Waals surface area contributed by atoms with Gasteiger partial charge in [0.1, 0.15) is 11.6 Å². The molecule has 5 nitrogen and oxygen atoms in total. The molecule has 1 aliphatic rings. The summed E-state index contributed by atoms with van der Waals surface area (Å²) in [5.41, 5.74) is 5.76. The summed E-state index contributed by atoms with van der Waals surface area (Å²) in [6.07, 6.45) is 2.99. The van der Waals surface area contributed by atoms with Crippen molar-refractivity contribution in [3.05, 3.63) is 47.7 Å². The highest BCUT2D eigenvalue weighted by molar-refractivity contribution is 5.82. The topological polar surface area (TPSA) is 61.3 Å². The lowest BCUT2D eigenvalue weighted by molar-refractivity contribution is 0.467. The third kappa shape index (κ3) is 3.22. The maximum Gasteiger partial charge on any atom is 0.147 e. The van der Waals surface area contributed by atoms with E-state index in [1.165, 1.54) is 0 Å². The number of hydrogen-bond acceptors (Lipinski definition) is 5. The predicted octanol–water partition coefficient (Wildman–Crippen LogP) is 3.42. The quantitative estimate of drug-likeness (QED) is 0.743. The molecule has 0 saturated carbocycles. The lowest BCUT2D eigenvalue weighted by Gasteiger charge is -2.20. The van der Waals surface area contributed by atoms with Gasteiger partial charge in [0, 0.05) is 19.6 Å². The summed E-state index contributed by atoms with van der Waals surface area (Å²) in [6, 6.07) is 10.2. The highest BCUT2D eigenvalue weighted by Gasteiger charge is 2.12. The molecule has 0 radical (unpaired) electrons. The summed E-state index contributed by atoms with van der Waals surface area (Å²) in [4.78, 5) is 11.8. The van der Waals surface area contributed by atoms with Gasteiger partial charge >= 0.3 is 0 Å². The zero-order valence-electron chi connectivity index (χ0n) is 15.3. The molecule has 134 valence electrons. The molecular weight excluding hydrogens is 324 g/mol. The third-order valence-electron chi connectivity index (χ3n) is 5.02. The Balaban J connectivity index is 1.74. The van der Waals surface area contributed by atoms with Crippen molar-refractivity contribution in [3.63, 3.8) is 0 Å². The predicted molar refractivity (Wildman–Crippen MR) is 106 cm³/mol. The van der Waals surface area contributed by atoms with Gasteiger partial charge in [-0.25, -0.2) is 4.98 Å². The number of phenols is 1. The van der Waals surface area contributed by atoms with Crippen LogP contribution in [0.1, 0.15) is 17.5 Å². The molecule has 26 heavy (non-hydrogen) atoms. The largest absolute Gasteiger partial charge is 0.507 e. The van der Waals surface area contributed by atoms with Crippen molar-refractivity contribution in [1.82, 2.24) is 15.3 Å². The number of aryl methyl sites for hydroxylation is 2. The SMILES string of the molecule is Cc1cc(-c2ccc3ncc(N4CCCNCC4)nc3c2)cc(C)c1O. The van der Waals surface area contributed by atoms with Crippen molar-refractivity contribution in [3.8, 4) is 16.9 Å². The minimum absolute atomic E-state index is 0.367. The van der Waals surface area contributed by atoms with Crippen molar-refractivity contribution < 1.29 is 5.11 Å². The standard InChI is InChI=1S/C21H24N4O/c1-14-10-17(11-15(2)21(14)26)16-4-5-18-19(12-16)24-20(13-23-18)25-8-3-6-22-7-9-25/h4-5,10-13,22,26H,3,6-9H2,1-2H3. The van der Waals surface area contributed by atoms with Gasteiger partial charge in [0.2, 0.25) is 0 Å². The lowest BCUT2D eigenvalue weighted by Crippen LogP contribution is -2.28. The highest BCUT2D eigenvalue weighted by Crippen LogP contribution is 2.30. The maximum absolute atomic E-state index is 10.0. The van der Waals surface area contributed by atoms with Crippen LogP contribution in [0.5, 0.6) is 5.75 Å². The number of hydrogen-bond donors (Lipinski definition) is 2. The van der Waals surface area contributed by atoms with Crippen LogP contribution in [0.25, 0.3) is 22.2 Å². The van der Waals surface area contributed by atoms with Crippen LogP contribution in [0.3, 0.4) is 0 Å². The maximum atomic E-state index is 10.0. The van der Waals surface area contributed by atoms with Gasteiger partial charge in [-0.15, -0.1) is 0 Å². The first-order valence-electron chi connectivity index (χ1n) is 9.15. The summed E-state index contributed by atoms with van der Waals surface area (Å²) >= 11 is 0. The van der Waals surface area contributed by atoms with E-state index >= 15 is 0 Å². The van der Waals surface area contributed by atoms with Crippen LogP contribution in [0.2, 0.25) is 0 Å².